The van der Waals surface area contributed by atoms with Crippen molar-refractivity contribution in [1.82, 2.24) is 0 Å². The van der Waals surface area contributed by atoms with E-state index in [1.165, 1.54) is 0 Å². The Kier molecular flexibility index (Phi) is 3.54. The molecule has 0 radical (unpaired) electrons. The highest BCUT2D eigenvalue weighted by Gasteiger charge is 2.02. The van der Waals surface area contributed by atoms with Crippen LogP contribution < -0.4 is 10.5 Å². The summed E-state index contributed by atoms with van der Waals surface area (Å²) in [6.07, 6.45) is 0. The van der Waals surface area contributed by atoms with Crippen LogP contribution in [-0.2, 0) is 4.79 Å². The van der Waals surface area contributed by atoms with Gasteiger partial charge in [0.15, 0.2) is 0 Å². The van der Waals surface area contributed by atoms with Gasteiger partial charge >= 0.3 is 0 Å². The number of benzene rings is 1. The number of carbonyl (C=O) groups is 1. The van der Waals surface area contributed by atoms with Gasteiger partial charge in [-0.15, -0.1) is 0 Å². The lowest BCUT2D eigenvalue weighted by molar-refractivity contribution is -0.114. The fourth-order valence-electron chi connectivity index (χ4n) is 0.772. The quantitative estimate of drug-likeness (QED) is 0.772. The molecule has 0 aromatic heterocycles. The van der Waals surface area contributed by atoms with Gasteiger partial charge in [0, 0.05) is 10.6 Å². The van der Waals surface area contributed by atoms with Gasteiger partial charge in [0.1, 0.15) is 12.4 Å². The number of nitrogens with two attached hydrogens (primary N) is 1. The molecule has 1 rings (SSSR count). The lowest BCUT2D eigenvalue weighted by Crippen LogP contribution is -2.18. The van der Waals surface area contributed by atoms with Crippen LogP contribution in [0.5, 0.6) is 5.75 Å². The fraction of sp³-hybridized carbons (Fsp3) is 0.100. The van der Waals surface area contributed by atoms with Gasteiger partial charge in [-0.1, -0.05) is 18.2 Å². The van der Waals surface area contributed by atoms with Crippen molar-refractivity contribution < 1.29 is 9.53 Å². The molecule has 1 amide bonds. The zero-order valence-corrected chi connectivity index (χ0v) is 8.25. The normalized spacial score (nSPS) is 9.50. The van der Waals surface area contributed by atoms with E-state index in [-0.39, 0.29) is 12.2 Å². The number of hydrogen-bond donors (Lipinski definition) is 1. The number of rotatable bonds is 4. The second kappa shape index (κ2) is 4.67. The van der Waals surface area contributed by atoms with Gasteiger partial charge in [-0.25, -0.2) is 0 Å². The van der Waals surface area contributed by atoms with Gasteiger partial charge in [-0.2, -0.15) is 0 Å². The smallest absolute Gasteiger partial charge is 0.247 e. The van der Waals surface area contributed by atoms with Crippen LogP contribution in [0, 0.1) is 0 Å². The molecule has 4 heteroatoms. The average Bonchev–Trinajstić information content (AvgIpc) is 2.16. The predicted molar refractivity (Wildman–Crippen MR) is 55.3 cm³/mol. The van der Waals surface area contributed by atoms with Crippen molar-refractivity contribution in [2.45, 2.75) is 0 Å². The molecule has 74 valence electrons. The van der Waals surface area contributed by atoms with E-state index < -0.39 is 5.91 Å². The Balaban J connectivity index is 2.50. The molecule has 0 saturated carbocycles. The minimum atomic E-state index is -0.557. The van der Waals surface area contributed by atoms with E-state index in [0.29, 0.717) is 10.8 Å². The summed E-state index contributed by atoms with van der Waals surface area (Å²) in [5, 5.41) is 0.631. The van der Waals surface area contributed by atoms with Crippen LogP contribution in [0.1, 0.15) is 0 Å². The van der Waals surface area contributed by atoms with Crippen molar-refractivity contribution >= 4 is 17.5 Å². The first-order valence-corrected chi connectivity index (χ1v) is 4.33. The molecule has 0 atom stereocenters. The molecule has 2 N–H and O–H groups in total. The molecule has 0 spiro atoms. The van der Waals surface area contributed by atoms with Crippen molar-refractivity contribution in [1.29, 1.82) is 0 Å². The van der Waals surface area contributed by atoms with Crippen molar-refractivity contribution in [3.8, 4) is 5.75 Å². The molecule has 0 heterocycles. The minimum absolute atomic E-state index is 0.0942. The van der Waals surface area contributed by atoms with Crippen molar-refractivity contribution in [2.75, 3.05) is 6.61 Å². The number of primary amides is 1. The summed E-state index contributed by atoms with van der Waals surface area (Å²) in [6.45, 7) is 3.56. The lowest BCUT2D eigenvalue weighted by Gasteiger charge is -2.05. The Bertz CT molecular complexity index is 346. The van der Waals surface area contributed by atoms with Gasteiger partial charge in [-0.3, -0.25) is 4.79 Å². The third kappa shape index (κ3) is 3.11. The highest BCUT2D eigenvalue weighted by atomic mass is 35.5. The summed E-state index contributed by atoms with van der Waals surface area (Å²) in [6, 6.07) is 6.81. The standard InChI is InChI=1S/C10H10ClNO2/c1-7(10(12)13)6-14-9-4-2-8(11)3-5-9/h2-5H,1,6H2,(H2,12,13). The van der Waals surface area contributed by atoms with Crippen LogP contribution in [0.15, 0.2) is 36.4 Å². The highest BCUT2D eigenvalue weighted by molar-refractivity contribution is 6.30. The molecule has 0 fully saturated rings. The van der Waals surface area contributed by atoms with Crippen molar-refractivity contribution in [3.63, 3.8) is 0 Å². The molecule has 0 unspecified atom stereocenters. The average molecular weight is 212 g/mol. The van der Waals surface area contributed by atoms with Gasteiger partial charge in [0.2, 0.25) is 5.91 Å². The van der Waals surface area contributed by atoms with E-state index >= 15 is 0 Å². The molecule has 3 nitrogen and oxygen atoms in total. The SMILES string of the molecule is C=C(COc1ccc(Cl)cc1)C(N)=O. The molecule has 1 aromatic rings. The second-order valence-electron chi connectivity index (χ2n) is 2.71. The Morgan fingerprint density at radius 1 is 1.43 bits per heavy atom. The Morgan fingerprint density at radius 3 is 2.50 bits per heavy atom. The highest BCUT2D eigenvalue weighted by Crippen LogP contribution is 2.15. The summed E-state index contributed by atoms with van der Waals surface area (Å²) in [4.78, 5) is 10.6. The molecule has 1 aromatic carbocycles. The summed E-state index contributed by atoms with van der Waals surface area (Å²) in [5.41, 5.74) is 5.22. The molecule has 0 bridgehead atoms. The van der Waals surface area contributed by atoms with Crippen molar-refractivity contribution in [2.24, 2.45) is 5.73 Å². The van der Waals surface area contributed by atoms with Gasteiger partial charge < -0.3 is 10.5 Å². The number of hydrogen-bond acceptors (Lipinski definition) is 2. The maximum absolute atomic E-state index is 10.6. The fourth-order valence-corrected chi connectivity index (χ4v) is 0.898. The summed E-state index contributed by atoms with van der Waals surface area (Å²) in [7, 11) is 0. The zero-order valence-electron chi connectivity index (χ0n) is 7.50. The van der Waals surface area contributed by atoms with Crippen LogP contribution in [0.4, 0.5) is 0 Å². The molecule has 0 saturated heterocycles. The monoisotopic (exact) mass is 211 g/mol. The second-order valence-corrected chi connectivity index (χ2v) is 3.15. The van der Waals surface area contributed by atoms with Crippen LogP contribution in [0.3, 0.4) is 0 Å². The van der Waals surface area contributed by atoms with Crippen LogP contribution in [0.2, 0.25) is 5.02 Å². The maximum Gasteiger partial charge on any atom is 0.247 e. The van der Waals surface area contributed by atoms with E-state index in [1.54, 1.807) is 24.3 Å². The Morgan fingerprint density at radius 2 is 2.00 bits per heavy atom. The molecule has 0 aliphatic rings. The topological polar surface area (TPSA) is 52.3 Å². The third-order valence-electron chi connectivity index (χ3n) is 1.58. The maximum atomic E-state index is 10.6. The number of ether oxygens (including phenoxy) is 1. The zero-order chi connectivity index (χ0) is 10.6. The first-order chi connectivity index (χ1) is 6.59. The summed E-state index contributed by atoms with van der Waals surface area (Å²) >= 11 is 5.68. The first kappa shape index (κ1) is 10.6. The third-order valence-corrected chi connectivity index (χ3v) is 1.83. The summed E-state index contributed by atoms with van der Waals surface area (Å²) < 4.78 is 5.23. The molecule has 0 aliphatic heterocycles. The van der Waals surface area contributed by atoms with Gasteiger partial charge in [0.05, 0.1) is 0 Å². The van der Waals surface area contributed by atoms with Crippen LogP contribution >= 0.6 is 11.6 Å². The van der Waals surface area contributed by atoms with Crippen molar-refractivity contribution in [3.05, 3.63) is 41.4 Å². The first-order valence-electron chi connectivity index (χ1n) is 3.95. The molecule has 0 aliphatic carbocycles. The number of halogens is 1. The summed E-state index contributed by atoms with van der Waals surface area (Å²) in [5.74, 6) is 0.0655. The Labute approximate surface area is 87.1 Å². The lowest BCUT2D eigenvalue weighted by atomic mass is 10.3. The molecular weight excluding hydrogens is 202 g/mol. The number of amides is 1. The van der Waals surface area contributed by atoms with E-state index in [0.717, 1.165) is 0 Å². The largest absolute Gasteiger partial charge is 0.489 e. The van der Waals surface area contributed by atoms with E-state index in [1.807, 2.05) is 0 Å². The molecule has 14 heavy (non-hydrogen) atoms. The van der Waals surface area contributed by atoms with Gasteiger partial charge in [-0.05, 0) is 24.3 Å². The number of carbonyl (C=O) groups excluding carboxylic acids is 1. The van der Waals surface area contributed by atoms with Crippen LogP contribution in [-0.4, -0.2) is 12.5 Å². The van der Waals surface area contributed by atoms with Crippen LogP contribution in [0.25, 0.3) is 0 Å². The molecular formula is C10H10ClNO2. The van der Waals surface area contributed by atoms with E-state index in [4.69, 9.17) is 22.1 Å². The van der Waals surface area contributed by atoms with E-state index in [9.17, 15) is 4.79 Å². The predicted octanol–water partition coefficient (Wildman–Crippen LogP) is 1.76. The van der Waals surface area contributed by atoms with E-state index in [2.05, 4.69) is 6.58 Å². The van der Waals surface area contributed by atoms with Gasteiger partial charge in [0.25, 0.3) is 0 Å². The Hall–Kier alpha value is -1.48. The minimum Gasteiger partial charge on any atom is -0.489 e.